The van der Waals surface area contributed by atoms with Gasteiger partial charge >= 0.3 is 5.97 Å². The number of esters is 1. The van der Waals surface area contributed by atoms with Crippen molar-refractivity contribution in [1.29, 1.82) is 0 Å². The quantitative estimate of drug-likeness (QED) is 0.661. The molecule has 1 aromatic heterocycles. The van der Waals surface area contributed by atoms with Crippen LogP contribution in [0.4, 0.5) is 0 Å². The van der Waals surface area contributed by atoms with Crippen LogP contribution in [-0.4, -0.2) is 79.8 Å². The number of fused-ring (bicyclic) bond motifs is 1. The number of aryl methyl sites for hydroxylation is 1. The fourth-order valence-corrected chi connectivity index (χ4v) is 4.68. The Morgan fingerprint density at radius 2 is 1.83 bits per heavy atom. The zero-order chi connectivity index (χ0) is 21.2. The smallest absolute Gasteiger partial charge is 0.340 e. The highest BCUT2D eigenvalue weighted by Gasteiger charge is 2.29. The van der Waals surface area contributed by atoms with Crippen molar-refractivity contribution in [2.24, 2.45) is 0 Å². The number of rotatable bonds is 6. The van der Waals surface area contributed by atoms with Gasteiger partial charge in [-0.05, 0) is 25.5 Å². The second-order valence-electron chi connectivity index (χ2n) is 7.26. The molecule has 0 bridgehead atoms. The predicted molar refractivity (Wildman–Crippen MR) is 112 cm³/mol. The van der Waals surface area contributed by atoms with Crippen LogP contribution in [0.15, 0.2) is 24.3 Å². The molecule has 158 valence electrons. The lowest BCUT2D eigenvalue weighted by atomic mass is 10.0. The van der Waals surface area contributed by atoms with Gasteiger partial charge in [0.05, 0.1) is 23.4 Å². The molecule has 0 saturated carbocycles. The lowest BCUT2D eigenvalue weighted by Gasteiger charge is -2.35. The van der Waals surface area contributed by atoms with E-state index in [-0.39, 0.29) is 5.97 Å². The topological polar surface area (TPSA) is 83.0 Å². The first-order chi connectivity index (χ1) is 13.8. The first-order valence-electron chi connectivity index (χ1n) is 9.71. The van der Waals surface area contributed by atoms with Gasteiger partial charge in [-0.1, -0.05) is 18.2 Å². The van der Waals surface area contributed by atoms with Gasteiger partial charge < -0.3 is 4.74 Å². The van der Waals surface area contributed by atoms with Gasteiger partial charge in [-0.25, -0.2) is 4.79 Å². The largest absolute Gasteiger partial charge is 0.462 e. The molecule has 8 nitrogen and oxygen atoms in total. The SMILES string of the molecule is CCOC(=O)c1c(CN2CCN(S(=O)(=O)N(C)C)CC2)nc2ccccc2c1C. The number of pyridine rings is 1. The van der Waals surface area contributed by atoms with Crippen LogP contribution >= 0.6 is 0 Å². The first-order valence-corrected chi connectivity index (χ1v) is 11.1. The Labute approximate surface area is 172 Å². The Kier molecular flexibility index (Phi) is 6.52. The van der Waals surface area contributed by atoms with Crippen LogP contribution in [0.2, 0.25) is 0 Å². The van der Waals surface area contributed by atoms with Crippen molar-refractivity contribution in [3.8, 4) is 0 Å². The van der Waals surface area contributed by atoms with E-state index in [1.165, 1.54) is 22.7 Å². The molecule has 1 aliphatic heterocycles. The Hall–Kier alpha value is -2.07. The number of carbonyl (C=O) groups is 1. The van der Waals surface area contributed by atoms with Crippen LogP contribution in [0, 0.1) is 6.92 Å². The minimum Gasteiger partial charge on any atom is -0.462 e. The predicted octanol–water partition coefficient (Wildman–Crippen LogP) is 1.64. The van der Waals surface area contributed by atoms with E-state index in [4.69, 9.17) is 9.72 Å². The molecule has 0 unspecified atom stereocenters. The number of hydrogen-bond acceptors (Lipinski definition) is 6. The summed E-state index contributed by atoms with van der Waals surface area (Å²) < 4.78 is 32.6. The monoisotopic (exact) mass is 420 g/mol. The van der Waals surface area contributed by atoms with E-state index >= 15 is 0 Å². The highest BCUT2D eigenvalue weighted by Crippen LogP contribution is 2.25. The summed E-state index contributed by atoms with van der Waals surface area (Å²) in [6.07, 6.45) is 0. The lowest BCUT2D eigenvalue weighted by Crippen LogP contribution is -2.51. The van der Waals surface area contributed by atoms with Crippen molar-refractivity contribution in [3.63, 3.8) is 0 Å². The van der Waals surface area contributed by atoms with Crippen molar-refractivity contribution < 1.29 is 17.9 Å². The molecule has 0 N–H and O–H groups in total. The Balaban J connectivity index is 1.86. The summed E-state index contributed by atoms with van der Waals surface area (Å²) in [5.74, 6) is -0.368. The van der Waals surface area contributed by atoms with Crippen LogP contribution in [-0.2, 0) is 21.5 Å². The normalized spacial score (nSPS) is 16.4. The number of hydrogen-bond donors (Lipinski definition) is 0. The maximum absolute atomic E-state index is 12.7. The number of ether oxygens (including phenoxy) is 1. The second kappa shape index (κ2) is 8.74. The van der Waals surface area contributed by atoms with Crippen LogP contribution < -0.4 is 0 Å². The Bertz CT molecular complexity index is 999. The summed E-state index contributed by atoms with van der Waals surface area (Å²) in [6, 6.07) is 7.74. The molecule has 1 aliphatic rings. The van der Waals surface area contributed by atoms with E-state index in [0.29, 0.717) is 50.6 Å². The van der Waals surface area contributed by atoms with E-state index < -0.39 is 10.2 Å². The molecule has 0 aliphatic carbocycles. The third-order valence-corrected chi connectivity index (χ3v) is 7.14. The summed E-state index contributed by atoms with van der Waals surface area (Å²) in [4.78, 5) is 19.5. The number of para-hydroxylation sites is 1. The fraction of sp³-hybridized carbons (Fsp3) is 0.500. The number of aromatic nitrogens is 1. The van der Waals surface area contributed by atoms with Crippen LogP contribution in [0.3, 0.4) is 0 Å². The second-order valence-corrected chi connectivity index (χ2v) is 9.40. The van der Waals surface area contributed by atoms with Crippen molar-refractivity contribution in [1.82, 2.24) is 18.5 Å². The molecular weight excluding hydrogens is 392 g/mol. The van der Waals surface area contributed by atoms with Gasteiger partial charge in [0, 0.05) is 52.2 Å². The van der Waals surface area contributed by atoms with Crippen LogP contribution in [0.25, 0.3) is 10.9 Å². The zero-order valence-corrected chi connectivity index (χ0v) is 18.2. The average Bonchev–Trinajstić information content (AvgIpc) is 2.68. The van der Waals surface area contributed by atoms with Gasteiger partial charge in [-0.2, -0.15) is 17.0 Å². The lowest BCUT2D eigenvalue weighted by molar-refractivity contribution is 0.0522. The summed E-state index contributed by atoms with van der Waals surface area (Å²) in [5.41, 5.74) is 2.87. The molecule has 3 rings (SSSR count). The molecule has 0 atom stereocenters. The Morgan fingerprint density at radius 3 is 2.45 bits per heavy atom. The number of benzene rings is 1. The highest BCUT2D eigenvalue weighted by molar-refractivity contribution is 7.86. The molecule has 1 saturated heterocycles. The number of nitrogens with zero attached hydrogens (tertiary/aromatic N) is 4. The van der Waals surface area contributed by atoms with Gasteiger partial charge in [0.25, 0.3) is 10.2 Å². The van der Waals surface area contributed by atoms with E-state index in [2.05, 4.69) is 4.90 Å². The third-order valence-electron chi connectivity index (χ3n) is 5.20. The van der Waals surface area contributed by atoms with Crippen molar-refractivity contribution in [2.45, 2.75) is 20.4 Å². The molecule has 2 aromatic rings. The minimum absolute atomic E-state index is 0.297. The molecular formula is C20H28N4O4S. The van der Waals surface area contributed by atoms with Gasteiger partial charge in [0.15, 0.2) is 0 Å². The third kappa shape index (κ3) is 4.42. The first kappa shape index (κ1) is 21.6. The maximum Gasteiger partial charge on any atom is 0.340 e. The van der Waals surface area contributed by atoms with Crippen molar-refractivity contribution in [2.75, 3.05) is 46.9 Å². The Morgan fingerprint density at radius 1 is 1.17 bits per heavy atom. The standard InChI is InChI=1S/C20H28N4O4S/c1-5-28-20(25)19-15(2)16-8-6-7-9-17(16)21-18(19)14-23-10-12-24(13-11-23)29(26,27)22(3)4/h6-9H,5,10-14H2,1-4H3. The minimum atomic E-state index is -3.41. The van der Waals surface area contributed by atoms with Crippen molar-refractivity contribution >= 4 is 27.1 Å². The molecule has 2 heterocycles. The summed E-state index contributed by atoms with van der Waals surface area (Å²) >= 11 is 0. The van der Waals surface area contributed by atoms with Gasteiger partial charge in [-0.3, -0.25) is 9.88 Å². The molecule has 1 fully saturated rings. The van der Waals surface area contributed by atoms with Gasteiger partial charge in [-0.15, -0.1) is 0 Å². The molecule has 0 radical (unpaired) electrons. The average molecular weight is 421 g/mol. The summed E-state index contributed by atoms with van der Waals surface area (Å²) in [7, 11) is -0.337. The van der Waals surface area contributed by atoms with Crippen LogP contribution in [0.1, 0.15) is 28.5 Å². The fourth-order valence-electron chi connectivity index (χ4n) is 3.59. The molecule has 1 aromatic carbocycles. The number of piperazine rings is 1. The zero-order valence-electron chi connectivity index (χ0n) is 17.4. The molecule has 9 heteroatoms. The van der Waals surface area contributed by atoms with Gasteiger partial charge in [0.2, 0.25) is 0 Å². The molecule has 0 amide bonds. The van der Waals surface area contributed by atoms with E-state index in [9.17, 15) is 13.2 Å². The van der Waals surface area contributed by atoms with Gasteiger partial charge in [0.1, 0.15) is 0 Å². The molecule has 0 spiro atoms. The highest BCUT2D eigenvalue weighted by atomic mass is 32.2. The summed E-state index contributed by atoms with van der Waals surface area (Å²) in [6.45, 7) is 6.42. The van der Waals surface area contributed by atoms with E-state index in [0.717, 1.165) is 16.5 Å². The van der Waals surface area contributed by atoms with E-state index in [1.54, 1.807) is 6.92 Å². The van der Waals surface area contributed by atoms with Crippen molar-refractivity contribution in [3.05, 3.63) is 41.1 Å². The molecule has 29 heavy (non-hydrogen) atoms. The summed E-state index contributed by atoms with van der Waals surface area (Å²) in [5, 5.41) is 0.932. The number of carbonyl (C=O) groups excluding carboxylic acids is 1. The van der Waals surface area contributed by atoms with Crippen LogP contribution in [0.5, 0.6) is 0 Å². The maximum atomic E-state index is 12.7. The van der Waals surface area contributed by atoms with E-state index in [1.807, 2.05) is 31.2 Å².